The number of nitrogens with two attached hydrogens (primary N) is 1. The van der Waals surface area contributed by atoms with Gasteiger partial charge in [0.1, 0.15) is 10.1 Å². The van der Waals surface area contributed by atoms with Crippen molar-refractivity contribution in [2.75, 3.05) is 11.1 Å². The van der Waals surface area contributed by atoms with Gasteiger partial charge in [0.15, 0.2) is 11.6 Å². The molecule has 0 saturated heterocycles. The molecule has 1 aliphatic rings. The van der Waals surface area contributed by atoms with Crippen LogP contribution < -0.4 is 40.6 Å². The minimum absolute atomic E-state index is 0. The molecule has 1 aliphatic carbocycles. The zero-order valence-electron chi connectivity index (χ0n) is 16.6. The van der Waals surface area contributed by atoms with Crippen LogP contribution in [-0.4, -0.2) is 35.6 Å². The van der Waals surface area contributed by atoms with Gasteiger partial charge in [-0.15, -0.1) is 0 Å². The third-order valence-electron chi connectivity index (χ3n) is 4.88. The van der Waals surface area contributed by atoms with Crippen molar-refractivity contribution in [2.24, 2.45) is 0 Å². The summed E-state index contributed by atoms with van der Waals surface area (Å²) in [5.74, 6) is -2.40. The fraction of sp³-hybridized carbons (Fsp3) is 0. The van der Waals surface area contributed by atoms with Crippen LogP contribution in [0.4, 0.5) is 17.1 Å². The fourth-order valence-electron chi connectivity index (χ4n) is 3.45. The van der Waals surface area contributed by atoms with Crippen molar-refractivity contribution in [3.63, 3.8) is 0 Å². The molecule has 32 heavy (non-hydrogen) atoms. The molecular weight excluding hydrogens is 447 g/mol. The van der Waals surface area contributed by atoms with E-state index in [-0.39, 0.29) is 63.1 Å². The summed E-state index contributed by atoms with van der Waals surface area (Å²) in [6.45, 7) is 0. The fourth-order valence-corrected chi connectivity index (χ4v) is 4.08. The van der Waals surface area contributed by atoms with E-state index in [9.17, 15) is 27.4 Å². The van der Waals surface area contributed by atoms with E-state index >= 15 is 0 Å². The molecule has 0 unspecified atom stereocenters. The number of carbonyl (C=O) groups is 3. The molecule has 0 fully saturated rings. The second kappa shape index (κ2) is 8.49. The molecule has 0 saturated carbocycles. The predicted molar refractivity (Wildman–Crippen MR) is 109 cm³/mol. The summed E-state index contributed by atoms with van der Waals surface area (Å²) in [7, 11) is -5.07. The summed E-state index contributed by atoms with van der Waals surface area (Å²) in [5.41, 5.74) is 5.08. The number of fused-ring (bicyclic) bond motifs is 2. The van der Waals surface area contributed by atoms with Crippen LogP contribution in [0.1, 0.15) is 42.2 Å². The second-order valence-corrected chi connectivity index (χ2v) is 8.10. The molecule has 0 amide bonds. The SMILES string of the molecule is Nc1c(S(=O)(=O)[O-])cc(Nc2ccc(C(=O)O)cc2)c2c1C(=O)c1ccccc1C2=O.[Na+]. The number of carboxylic acids is 1. The average Bonchev–Trinajstić information content (AvgIpc) is 2.72. The molecule has 0 atom stereocenters. The number of nitrogens with one attached hydrogen (secondary N) is 1. The van der Waals surface area contributed by atoms with Crippen LogP contribution in [0.2, 0.25) is 0 Å². The smallest absolute Gasteiger partial charge is 0.744 e. The van der Waals surface area contributed by atoms with Gasteiger partial charge in [-0.3, -0.25) is 9.59 Å². The summed E-state index contributed by atoms with van der Waals surface area (Å²) in [4.78, 5) is 36.4. The molecule has 0 aromatic heterocycles. The topological polar surface area (TPSA) is 167 Å². The van der Waals surface area contributed by atoms with E-state index in [0.29, 0.717) is 5.69 Å². The first-order valence-corrected chi connectivity index (χ1v) is 10.2. The summed E-state index contributed by atoms with van der Waals surface area (Å²) >= 11 is 0. The van der Waals surface area contributed by atoms with Gasteiger partial charge in [-0.05, 0) is 30.3 Å². The molecular formula is C21H13N2NaO7S. The molecule has 11 heteroatoms. The molecule has 156 valence electrons. The normalized spacial score (nSPS) is 12.4. The number of benzene rings is 3. The Hall–Kier alpha value is -3.02. The molecule has 0 heterocycles. The van der Waals surface area contributed by atoms with E-state index < -0.39 is 38.2 Å². The third-order valence-corrected chi connectivity index (χ3v) is 5.76. The van der Waals surface area contributed by atoms with Crippen molar-refractivity contribution in [1.29, 1.82) is 0 Å². The van der Waals surface area contributed by atoms with E-state index in [1.54, 1.807) is 12.1 Å². The number of aromatic carboxylic acids is 1. The van der Waals surface area contributed by atoms with Crippen LogP contribution in [0.25, 0.3) is 0 Å². The summed E-state index contributed by atoms with van der Waals surface area (Å²) in [5, 5.41) is 11.8. The molecule has 0 aliphatic heterocycles. The first kappa shape index (κ1) is 23.6. The van der Waals surface area contributed by atoms with Gasteiger partial charge in [-0.25, -0.2) is 13.2 Å². The number of ketones is 2. The van der Waals surface area contributed by atoms with Crippen molar-refractivity contribution in [3.8, 4) is 0 Å². The van der Waals surface area contributed by atoms with Crippen LogP contribution in [-0.2, 0) is 10.1 Å². The molecule has 0 spiro atoms. The molecule has 4 N–H and O–H groups in total. The number of nitrogen functional groups attached to an aromatic ring is 1. The number of carboxylic acid groups (broad SMARTS) is 1. The summed E-state index contributed by atoms with van der Waals surface area (Å²) < 4.78 is 35.3. The Bertz CT molecular complexity index is 1400. The van der Waals surface area contributed by atoms with Gasteiger partial charge in [-0.1, -0.05) is 24.3 Å². The van der Waals surface area contributed by atoms with Crippen molar-refractivity contribution in [3.05, 3.63) is 82.4 Å². The van der Waals surface area contributed by atoms with Crippen molar-refractivity contribution in [2.45, 2.75) is 4.90 Å². The predicted octanol–water partition coefficient (Wildman–Crippen LogP) is -0.606. The maximum absolute atomic E-state index is 13.2. The Balaban J connectivity index is 0.00000289. The van der Waals surface area contributed by atoms with Crippen LogP contribution in [0, 0.1) is 0 Å². The van der Waals surface area contributed by atoms with Gasteiger partial charge in [-0.2, -0.15) is 0 Å². The minimum Gasteiger partial charge on any atom is -0.744 e. The van der Waals surface area contributed by atoms with Gasteiger partial charge < -0.3 is 20.7 Å². The first-order chi connectivity index (χ1) is 14.6. The Morgan fingerprint density at radius 3 is 1.97 bits per heavy atom. The maximum atomic E-state index is 13.2. The van der Waals surface area contributed by atoms with E-state index in [2.05, 4.69) is 5.32 Å². The quantitative estimate of drug-likeness (QED) is 0.205. The number of hydrogen-bond acceptors (Lipinski definition) is 8. The van der Waals surface area contributed by atoms with Crippen molar-refractivity contribution in [1.82, 2.24) is 0 Å². The standard InChI is InChI=1S/C21H14N2O7S.Na/c22-18-15(31(28,29)30)9-14(23-11-7-5-10(6-8-11)21(26)27)16-17(18)20(25)13-4-2-1-3-12(13)19(16)24;/h1-9,23H,22H2,(H,26,27)(H,28,29,30);/q;+1/p-1. The largest absolute Gasteiger partial charge is 1.00 e. The molecule has 0 bridgehead atoms. The molecule has 9 nitrogen and oxygen atoms in total. The van der Waals surface area contributed by atoms with Crippen LogP contribution in [0.3, 0.4) is 0 Å². The summed E-state index contributed by atoms with van der Waals surface area (Å²) in [6.07, 6.45) is 0. The Labute approximate surface area is 204 Å². The Morgan fingerprint density at radius 2 is 1.47 bits per heavy atom. The van der Waals surface area contributed by atoms with Gasteiger partial charge in [0, 0.05) is 16.8 Å². The molecule has 3 aromatic carbocycles. The zero-order valence-corrected chi connectivity index (χ0v) is 19.4. The maximum Gasteiger partial charge on any atom is 1.00 e. The van der Waals surface area contributed by atoms with E-state index in [0.717, 1.165) is 6.07 Å². The Morgan fingerprint density at radius 1 is 0.938 bits per heavy atom. The monoisotopic (exact) mass is 460 g/mol. The average molecular weight is 460 g/mol. The van der Waals surface area contributed by atoms with E-state index in [4.69, 9.17) is 10.8 Å². The number of carbonyl (C=O) groups excluding carboxylic acids is 2. The second-order valence-electron chi connectivity index (χ2n) is 6.75. The van der Waals surface area contributed by atoms with E-state index in [1.165, 1.54) is 36.4 Å². The zero-order chi connectivity index (χ0) is 22.5. The van der Waals surface area contributed by atoms with Crippen LogP contribution >= 0.6 is 0 Å². The van der Waals surface area contributed by atoms with Gasteiger partial charge in [0.25, 0.3) is 0 Å². The number of anilines is 3. The molecule has 0 radical (unpaired) electrons. The number of rotatable bonds is 4. The Kier molecular flexibility index (Phi) is 6.27. The minimum atomic E-state index is -5.07. The number of hydrogen-bond donors (Lipinski definition) is 3. The van der Waals surface area contributed by atoms with E-state index in [1.807, 2.05) is 0 Å². The van der Waals surface area contributed by atoms with Crippen molar-refractivity contribution >= 4 is 44.7 Å². The van der Waals surface area contributed by atoms with Gasteiger partial charge in [0.2, 0.25) is 0 Å². The van der Waals surface area contributed by atoms with Crippen LogP contribution in [0.5, 0.6) is 0 Å². The van der Waals surface area contributed by atoms with Gasteiger partial charge in [0.05, 0.1) is 33.0 Å². The third kappa shape index (κ3) is 3.94. The molecule has 4 rings (SSSR count). The van der Waals surface area contributed by atoms with Crippen molar-refractivity contribution < 1.29 is 62.0 Å². The first-order valence-electron chi connectivity index (χ1n) is 8.80. The van der Waals surface area contributed by atoms with Gasteiger partial charge >= 0.3 is 35.5 Å². The molecule has 3 aromatic rings. The van der Waals surface area contributed by atoms with Crippen LogP contribution in [0.15, 0.2) is 59.5 Å². The summed E-state index contributed by atoms with van der Waals surface area (Å²) in [6, 6.07) is 12.3.